The van der Waals surface area contributed by atoms with Gasteiger partial charge in [0.15, 0.2) is 5.76 Å². The zero-order chi connectivity index (χ0) is 27.5. The Bertz CT molecular complexity index is 1360. The van der Waals surface area contributed by atoms with Gasteiger partial charge < -0.3 is 20.0 Å². The molecule has 206 valence electrons. The molecular formula is C29H36N6O4. The Balaban J connectivity index is 1.14. The summed E-state index contributed by atoms with van der Waals surface area (Å²) in [7, 11) is 4.08. The van der Waals surface area contributed by atoms with E-state index in [0.717, 1.165) is 55.9 Å². The molecule has 0 bridgehead atoms. The molecule has 3 aromatic rings. The van der Waals surface area contributed by atoms with Gasteiger partial charge in [0.2, 0.25) is 5.95 Å². The third-order valence-corrected chi connectivity index (χ3v) is 7.76. The summed E-state index contributed by atoms with van der Waals surface area (Å²) in [5.41, 5.74) is 3.57. The van der Waals surface area contributed by atoms with E-state index in [1.807, 2.05) is 14.1 Å². The summed E-state index contributed by atoms with van der Waals surface area (Å²) < 4.78 is 5.71. The molecule has 0 atom stereocenters. The Morgan fingerprint density at radius 2 is 1.87 bits per heavy atom. The van der Waals surface area contributed by atoms with Crippen molar-refractivity contribution in [1.29, 1.82) is 0 Å². The van der Waals surface area contributed by atoms with Crippen molar-refractivity contribution >= 4 is 23.4 Å². The second-order valence-corrected chi connectivity index (χ2v) is 10.9. The first-order valence-corrected chi connectivity index (χ1v) is 13.8. The Kier molecular flexibility index (Phi) is 7.81. The van der Waals surface area contributed by atoms with E-state index in [9.17, 15) is 14.9 Å². The number of nitro benzene ring substituents is 1. The van der Waals surface area contributed by atoms with Crippen molar-refractivity contribution in [3.8, 4) is 11.3 Å². The second kappa shape index (κ2) is 11.4. The van der Waals surface area contributed by atoms with Gasteiger partial charge in [0, 0.05) is 38.3 Å². The molecule has 10 nitrogen and oxygen atoms in total. The number of amides is 1. The third kappa shape index (κ3) is 6.05. The topological polar surface area (TPSA) is 126 Å². The van der Waals surface area contributed by atoms with Gasteiger partial charge in [0.05, 0.1) is 16.2 Å². The van der Waals surface area contributed by atoms with Gasteiger partial charge in [-0.2, -0.15) is 4.98 Å². The van der Waals surface area contributed by atoms with Crippen LogP contribution in [0.2, 0.25) is 0 Å². The zero-order valence-corrected chi connectivity index (χ0v) is 22.8. The van der Waals surface area contributed by atoms with Gasteiger partial charge in [0.1, 0.15) is 11.6 Å². The van der Waals surface area contributed by atoms with Crippen LogP contribution >= 0.6 is 0 Å². The number of fused-ring (bicyclic) bond motifs is 1. The standard InChI is InChI=1S/C29H36N6O4/c1-18-8-13-22(24(16-18)35(37)38)25-14-15-26(39-25)28(36)30-17-19-9-11-20(12-10-19)31-29-32-23-7-5-4-6-21(23)27(33-29)34(2)3/h8,13-16,19-20H,4-7,9-12,17H2,1-3H3,(H,30,36)(H,31,32,33)/t19-,20+. The number of anilines is 2. The minimum atomic E-state index is -0.436. The summed E-state index contributed by atoms with van der Waals surface area (Å²) in [6.07, 6.45) is 8.38. The Hall–Kier alpha value is -3.95. The lowest BCUT2D eigenvalue weighted by Crippen LogP contribution is -2.34. The quantitative estimate of drug-likeness (QED) is 0.296. The minimum Gasteiger partial charge on any atom is -0.451 e. The number of nitro groups is 1. The predicted molar refractivity (Wildman–Crippen MR) is 150 cm³/mol. The SMILES string of the molecule is Cc1ccc(-c2ccc(C(=O)NC[C@H]3CC[C@@H](Nc4nc5c(c(N(C)C)n4)CCCC5)CC3)o2)c([N+](=O)[O-])c1. The lowest BCUT2D eigenvalue weighted by molar-refractivity contribution is -0.384. The molecule has 2 aliphatic rings. The van der Waals surface area contributed by atoms with Crippen molar-refractivity contribution in [2.24, 2.45) is 5.92 Å². The van der Waals surface area contributed by atoms with Crippen LogP contribution in [0.3, 0.4) is 0 Å². The Labute approximate surface area is 228 Å². The highest BCUT2D eigenvalue weighted by Crippen LogP contribution is 2.33. The number of rotatable bonds is 8. The number of aryl methyl sites for hydroxylation is 2. The molecule has 5 rings (SSSR count). The monoisotopic (exact) mass is 532 g/mol. The Morgan fingerprint density at radius 3 is 2.62 bits per heavy atom. The summed E-state index contributed by atoms with van der Waals surface area (Å²) in [6, 6.07) is 8.42. The molecule has 2 aliphatic carbocycles. The smallest absolute Gasteiger partial charge is 0.287 e. The largest absolute Gasteiger partial charge is 0.451 e. The van der Waals surface area contributed by atoms with Crippen LogP contribution in [0.5, 0.6) is 0 Å². The maximum Gasteiger partial charge on any atom is 0.287 e. The van der Waals surface area contributed by atoms with Gasteiger partial charge in [0.25, 0.3) is 11.6 Å². The summed E-state index contributed by atoms with van der Waals surface area (Å²) in [5, 5.41) is 18.0. The number of nitrogens with one attached hydrogen (secondary N) is 2. The highest BCUT2D eigenvalue weighted by molar-refractivity contribution is 5.92. The van der Waals surface area contributed by atoms with E-state index in [2.05, 4.69) is 15.5 Å². The predicted octanol–water partition coefficient (Wildman–Crippen LogP) is 5.30. The molecule has 2 heterocycles. The van der Waals surface area contributed by atoms with Crippen molar-refractivity contribution in [3.63, 3.8) is 0 Å². The summed E-state index contributed by atoms with van der Waals surface area (Å²) >= 11 is 0. The third-order valence-electron chi connectivity index (χ3n) is 7.76. The number of hydrogen-bond acceptors (Lipinski definition) is 8. The lowest BCUT2D eigenvalue weighted by Gasteiger charge is -2.30. The summed E-state index contributed by atoms with van der Waals surface area (Å²) in [6.45, 7) is 2.36. The highest BCUT2D eigenvalue weighted by atomic mass is 16.6. The average Bonchev–Trinajstić information content (AvgIpc) is 3.42. The van der Waals surface area contributed by atoms with Crippen molar-refractivity contribution in [2.75, 3.05) is 30.9 Å². The number of aromatic nitrogens is 2. The number of furan rings is 1. The fraction of sp³-hybridized carbons (Fsp3) is 0.483. The van der Waals surface area contributed by atoms with Crippen LogP contribution in [0.1, 0.15) is 65.9 Å². The summed E-state index contributed by atoms with van der Waals surface area (Å²) in [4.78, 5) is 35.5. The molecule has 1 aromatic carbocycles. The van der Waals surface area contributed by atoms with Crippen LogP contribution in [0.15, 0.2) is 34.7 Å². The number of carbonyl (C=O) groups excluding carboxylic acids is 1. The van der Waals surface area contributed by atoms with Gasteiger partial charge in [-0.15, -0.1) is 0 Å². The molecule has 2 N–H and O–H groups in total. The molecule has 2 aromatic heterocycles. The van der Waals surface area contributed by atoms with Crippen LogP contribution in [0.4, 0.5) is 17.5 Å². The van der Waals surface area contributed by atoms with Crippen molar-refractivity contribution < 1.29 is 14.1 Å². The molecule has 0 radical (unpaired) electrons. The van der Waals surface area contributed by atoms with Gasteiger partial charge in [-0.05, 0) is 88.0 Å². The average molecular weight is 533 g/mol. The Morgan fingerprint density at radius 1 is 1.10 bits per heavy atom. The van der Waals surface area contributed by atoms with E-state index < -0.39 is 4.92 Å². The van der Waals surface area contributed by atoms with E-state index in [1.165, 1.54) is 30.2 Å². The van der Waals surface area contributed by atoms with Crippen molar-refractivity contribution in [1.82, 2.24) is 15.3 Å². The normalized spacial score (nSPS) is 18.7. The van der Waals surface area contributed by atoms with Gasteiger partial charge in [-0.3, -0.25) is 14.9 Å². The van der Waals surface area contributed by atoms with E-state index >= 15 is 0 Å². The fourth-order valence-corrected chi connectivity index (χ4v) is 5.63. The van der Waals surface area contributed by atoms with E-state index in [-0.39, 0.29) is 17.4 Å². The van der Waals surface area contributed by atoms with Crippen LogP contribution in [0.25, 0.3) is 11.3 Å². The lowest BCUT2D eigenvalue weighted by atomic mass is 9.86. The number of carbonyl (C=O) groups is 1. The minimum absolute atomic E-state index is 0.0413. The zero-order valence-electron chi connectivity index (χ0n) is 22.8. The maximum absolute atomic E-state index is 12.7. The molecule has 1 fully saturated rings. The molecule has 0 aliphatic heterocycles. The fourth-order valence-electron chi connectivity index (χ4n) is 5.63. The number of hydrogen-bond donors (Lipinski definition) is 2. The molecule has 1 amide bonds. The molecule has 10 heteroatoms. The van der Waals surface area contributed by atoms with E-state index in [4.69, 9.17) is 14.4 Å². The number of benzene rings is 1. The van der Waals surface area contributed by atoms with Gasteiger partial charge in [-0.1, -0.05) is 6.07 Å². The highest BCUT2D eigenvalue weighted by Gasteiger charge is 2.25. The first-order valence-electron chi connectivity index (χ1n) is 13.8. The molecule has 1 saturated carbocycles. The van der Waals surface area contributed by atoms with Crippen molar-refractivity contribution in [2.45, 2.75) is 64.3 Å². The first kappa shape index (κ1) is 26.6. The van der Waals surface area contributed by atoms with E-state index in [0.29, 0.717) is 29.8 Å². The molecule has 0 saturated heterocycles. The molecular weight excluding hydrogens is 496 g/mol. The van der Waals surface area contributed by atoms with Gasteiger partial charge >= 0.3 is 0 Å². The van der Waals surface area contributed by atoms with Crippen LogP contribution in [-0.2, 0) is 12.8 Å². The van der Waals surface area contributed by atoms with Crippen LogP contribution in [-0.4, -0.2) is 47.5 Å². The van der Waals surface area contributed by atoms with Gasteiger partial charge in [-0.25, -0.2) is 4.98 Å². The van der Waals surface area contributed by atoms with Crippen molar-refractivity contribution in [3.05, 3.63) is 63.0 Å². The van der Waals surface area contributed by atoms with Crippen LogP contribution in [0, 0.1) is 23.0 Å². The molecule has 39 heavy (non-hydrogen) atoms. The maximum atomic E-state index is 12.7. The second-order valence-electron chi connectivity index (χ2n) is 10.9. The van der Waals surface area contributed by atoms with E-state index in [1.54, 1.807) is 31.2 Å². The summed E-state index contributed by atoms with van der Waals surface area (Å²) in [5.74, 6) is 2.27. The molecule has 0 spiro atoms. The van der Waals surface area contributed by atoms with Crippen LogP contribution < -0.4 is 15.5 Å². The number of nitrogens with zero attached hydrogens (tertiary/aromatic N) is 4. The molecule has 0 unspecified atom stereocenters. The first-order chi connectivity index (χ1) is 18.8.